The quantitative estimate of drug-likeness (QED) is 0.506. The zero-order chi connectivity index (χ0) is 15.7. The van der Waals surface area contributed by atoms with Crippen LogP contribution in [0.2, 0.25) is 0 Å². The van der Waals surface area contributed by atoms with E-state index in [0.717, 1.165) is 44.9 Å². The molecule has 0 heterocycles. The summed E-state index contributed by atoms with van der Waals surface area (Å²) in [5.74, 6) is -0.367. The maximum absolute atomic E-state index is 12.2. The molecule has 0 amide bonds. The second-order valence-electron chi connectivity index (χ2n) is 6.31. The van der Waals surface area contributed by atoms with Gasteiger partial charge in [0, 0.05) is 0 Å². The van der Waals surface area contributed by atoms with E-state index in [1.165, 1.54) is 0 Å². The van der Waals surface area contributed by atoms with Crippen LogP contribution < -0.4 is 0 Å². The first-order chi connectivity index (χ1) is 10.1. The molecule has 0 bridgehead atoms. The van der Waals surface area contributed by atoms with Crippen LogP contribution in [-0.4, -0.2) is 25.2 Å². The van der Waals surface area contributed by atoms with Gasteiger partial charge in [-0.15, -0.1) is 0 Å². The fourth-order valence-electron chi connectivity index (χ4n) is 2.88. The van der Waals surface area contributed by atoms with E-state index in [0.29, 0.717) is 19.1 Å². The van der Waals surface area contributed by atoms with Crippen molar-refractivity contribution < 1.29 is 19.1 Å². The highest BCUT2D eigenvalue weighted by Gasteiger charge is 2.37. The van der Waals surface area contributed by atoms with Gasteiger partial charge < -0.3 is 9.47 Å². The van der Waals surface area contributed by atoms with Crippen molar-refractivity contribution in [2.75, 3.05) is 13.2 Å². The van der Waals surface area contributed by atoms with Gasteiger partial charge in [-0.05, 0) is 38.5 Å². The van der Waals surface area contributed by atoms with E-state index in [4.69, 9.17) is 9.47 Å². The Bertz CT molecular complexity index is 325. The fourth-order valence-corrected chi connectivity index (χ4v) is 2.88. The molecule has 1 aliphatic rings. The molecule has 2 unspecified atom stereocenters. The minimum atomic E-state index is -0.304. The number of ether oxygens (including phenoxy) is 2. The molecule has 1 aliphatic carbocycles. The van der Waals surface area contributed by atoms with Gasteiger partial charge in [-0.1, -0.05) is 33.1 Å². The molecule has 0 spiro atoms. The van der Waals surface area contributed by atoms with Crippen molar-refractivity contribution in [3.8, 4) is 0 Å². The minimum Gasteiger partial charge on any atom is -0.466 e. The Kier molecular flexibility index (Phi) is 8.40. The molecule has 1 saturated carbocycles. The number of carbonyl (C=O) groups is 2. The molecule has 2 atom stereocenters. The van der Waals surface area contributed by atoms with E-state index < -0.39 is 0 Å². The lowest BCUT2D eigenvalue weighted by Gasteiger charge is -2.28. The van der Waals surface area contributed by atoms with Crippen LogP contribution in [0.3, 0.4) is 0 Å². The van der Waals surface area contributed by atoms with Crippen LogP contribution in [0, 0.1) is 17.8 Å². The largest absolute Gasteiger partial charge is 0.466 e. The van der Waals surface area contributed by atoms with Crippen LogP contribution >= 0.6 is 0 Å². The topological polar surface area (TPSA) is 52.6 Å². The predicted octanol–water partition coefficient (Wildman–Crippen LogP) is 3.73. The smallest absolute Gasteiger partial charge is 0.309 e. The highest BCUT2D eigenvalue weighted by atomic mass is 16.5. The average molecular weight is 298 g/mol. The summed E-state index contributed by atoms with van der Waals surface area (Å²) >= 11 is 0. The van der Waals surface area contributed by atoms with Crippen LogP contribution in [0.1, 0.15) is 65.7 Å². The highest BCUT2D eigenvalue weighted by Crippen LogP contribution is 2.32. The molecule has 0 aromatic rings. The molecule has 122 valence electrons. The lowest BCUT2D eigenvalue weighted by atomic mass is 9.79. The number of carbonyl (C=O) groups excluding carboxylic acids is 2. The summed E-state index contributed by atoms with van der Waals surface area (Å²) in [4.78, 5) is 24.1. The highest BCUT2D eigenvalue weighted by molar-refractivity contribution is 5.82. The lowest BCUT2D eigenvalue weighted by Crippen LogP contribution is -2.35. The number of hydrogen-bond acceptors (Lipinski definition) is 4. The molecule has 0 aromatic heterocycles. The average Bonchev–Trinajstić information content (AvgIpc) is 2.46. The van der Waals surface area contributed by atoms with Gasteiger partial charge in [-0.3, -0.25) is 9.59 Å². The van der Waals surface area contributed by atoms with Crippen LogP contribution in [0.4, 0.5) is 0 Å². The van der Waals surface area contributed by atoms with Gasteiger partial charge in [0.25, 0.3) is 0 Å². The summed E-state index contributed by atoms with van der Waals surface area (Å²) in [7, 11) is 0. The zero-order valence-corrected chi connectivity index (χ0v) is 13.7. The predicted molar refractivity (Wildman–Crippen MR) is 81.7 cm³/mol. The Morgan fingerprint density at radius 2 is 1.57 bits per heavy atom. The summed E-state index contributed by atoms with van der Waals surface area (Å²) in [5, 5.41) is 0. The van der Waals surface area contributed by atoms with Crippen molar-refractivity contribution in [2.45, 2.75) is 65.7 Å². The molecular weight excluding hydrogens is 268 g/mol. The van der Waals surface area contributed by atoms with Crippen LogP contribution in [0.5, 0.6) is 0 Å². The van der Waals surface area contributed by atoms with Crippen LogP contribution in [0.25, 0.3) is 0 Å². The third kappa shape index (κ3) is 6.49. The third-order valence-corrected chi connectivity index (χ3v) is 4.08. The maximum Gasteiger partial charge on any atom is 0.309 e. The van der Waals surface area contributed by atoms with Crippen molar-refractivity contribution in [3.63, 3.8) is 0 Å². The Morgan fingerprint density at radius 1 is 1.00 bits per heavy atom. The third-order valence-electron chi connectivity index (χ3n) is 4.08. The first-order valence-corrected chi connectivity index (χ1v) is 8.39. The van der Waals surface area contributed by atoms with Gasteiger partial charge in [-0.25, -0.2) is 0 Å². The maximum atomic E-state index is 12.2. The monoisotopic (exact) mass is 298 g/mol. The SMILES string of the molecule is CCOC(=O)C1CCCCC1C(=O)OCCCCC(C)C. The van der Waals surface area contributed by atoms with Crippen LogP contribution in [0.15, 0.2) is 0 Å². The zero-order valence-electron chi connectivity index (χ0n) is 13.7. The van der Waals surface area contributed by atoms with Gasteiger partial charge >= 0.3 is 11.9 Å². The van der Waals surface area contributed by atoms with E-state index in [1.807, 2.05) is 0 Å². The number of rotatable bonds is 8. The van der Waals surface area contributed by atoms with Gasteiger partial charge in [0.05, 0.1) is 25.0 Å². The lowest BCUT2D eigenvalue weighted by molar-refractivity contribution is -0.162. The molecule has 0 aliphatic heterocycles. The summed E-state index contributed by atoms with van der Waals surface area (Å²) < 4.78 is 10.5. The van der Waals surface area contributed by atoms with Crippen molar-refractivity contribution in [1.29, 1.82) is 0 Å². The summed E-state index contributed by atoms with van der Waals surface area (Å²) in [6.07, 6.45) is 6.61. The van der Waals surface area contributed by atoms with Crippen molar-refractivity contribution >= 4 is 11.9 Å². The van der Waals surface area contributed by atoms with Crippen molar-refractivity contribution in [3.05, 3.63) is 0 Å². The minimum absolute atomic E-state index is 0.211. The second kappa shape index (κ2) is 9.80. The molecule has 21 heavy (non-hydrogen) atoms. The van der Waals surface area contributed by atoms with Gasteiger partial charge in [0.15, 0.2) is 0 Å². The Morgan fingerprint density at radius 3 is 2.10 bits per heavy atom. The summed E-state index contributed by atoms with van der Waals surface area (Å²) in [6, 6.07) is 0. The number of esters is 2. The molecule has 4 nitrogen and oxygen atoms in total. The van der Waals surface area contributed by atoms with E-state index in [9.17, 15) is 9.59 Å². The molecular formula is C17H30O4. The van der Waals surface area contributed by atoms with E-state index in [1.54, 1.807) is 6.92 Å². The molecule has 0 aromatic carbocycles. The molecule has 0 saturated heterocycles. The Hall–Kier alpha value is -1.06. The fraction of sp³-hybridized carbons (Fsp3) is 0.882. The van der Waals surface area contributed by atoms with Crippen molar-refractivity contribution in [2.24, 2.45) is 17.8 Å². The van der Waals surface area contributed by atoms with Crippen molar-refractivity contribution in [1.82, 2.24) is 0 Å². The molecule has 1 fully saturated rings. The Labute approximate surface area is 128 Å². The van der Waals surface area contributed by atoms with E-state index in [2.05, 4.69) is 13.8 Å². The van der Waals surface area contributed by atoms with Gasteiger partial charge in [0.2, 0.25) is 0 Å². The summed E-state index contributed by atoms with van der Waals surface area (Å²) in [6.45, 7) is 7.02. The first kappa shape index (κ1) is 18.0. The standard InChI is InChI=1S/C17H30O4/c1-4-20-16(18)14-10-5-6-11-15(14)17(19)21-12-8-7-9-13(2)3/h13-15H,4-12H2,1-3H3. The summed E-state index contributed by atoms with van der Waals surface area (Å²) in [5.41, 5.74) is 0. The van der Waals surface area contributed by atoms with E-state index in [-0.39, 0.29) is 23.8 Å². The molecule has 1 rings (SSSR count). The van der Waals surface area contributed by atoms with Gasteiger partial charge in [-0.2, -0.15) is 0 Å². The first-order valence-electron chi connectivity index (χ1n) is 8.39. The normalized spacial score (nSPS) is 22.1. The van der Waals surface area contributed by atoms with E-state index >= 15 is 0 Å². The van der Waals surface area contributed by atoms with Gasteiger partial charge in [0.1, 0.15) is 0 Å². The van der Waals surface area contributed by atoms with Crippen LogP contribution in [-0.2, 0) is 19.1 Å². The molecule has 0 N–H and O–H groups in total. The number of hydrogen-bond donors (Lipinski definition) is 0. The Balaban J connectivity index is 2.37. The molecule has 4 heteroatoms. The number of unbranched alkanes of at least 4 members (excludes halogenated alkanes) is 1. The second-order valence-corrected chi connectivity index (χ2v) is 6.31. The molecule has 0 radical (unpaired) electrons.